The van der Waals surface area contributed by atoms with E-state index in [1.165, 1.54) is 24.3 Å². The van der Waals surface area contributed by atoms with E-state index in [1.807, 2.05) is 0 Å². The van der Waals surface area contributed by atoms with Crippen molar-refractivity contribution in [2.24, 2.45) is 5.73 Å². The third-order valence-corrected chi connectivity index (χ3v) is 3.54. The average molecular weight is 383 g/mol. The van der Waals surface area contributed by atoms with Gasteiger partial charge >= 0.3 is 11.9 Å². The average Bonchev–Trinajstić information content (AvgIpc) is 2.59. The fourth-order valence-corrected chi connectivity index (χ4v) is 2.09. The molecule has 0 heterocycles. The first-order chi connectivity index (χ1) is 12.6. The molecular weight excluding hydrogens is 362 g/mol. The van der Waals surface area contributed by atoms with Crippen molar-refractivity contribution >= 4 is 23.8 Å². The van der Waals surface area contributed by atoms with Gasteiger partial charge in [-0.05, 0) is 17.7 Å². The molecule has 1 rings (SSSR count). The summed E-state index contributed by atoms with van der Waals surface area (Å²) in [5.74, 6) is -4.61. The van der Waals surface area contributed by atoms with Crippen LogP contribution < -0.4 is 16.4 Å². The molecule has 0 aliphatic rings. The van der Waals surface area contributed by atoms with E-state index in [1.54, 1.807) is 0 Å². The Labute approximate surface area is 153 Å². The predicted molar refractivity (Wildman–Crippen MR) is 90.6 cm³/mol. The zero-order valence-corrected chi connectivity index (χ0v) is 14.2. The molecule has 0 spiro atoms. The number of nitrogens with two attached hydrogens (primary N) is 1. The van der Waals surface area contributed by atoms with Gasteiger partial charge in [0, 0.05) is 6.42 Å². The maximum absolute atomic E-state index is 12.2. The van der Waals surface area contributed by atoms with E-state index in [2.05, 4.69) is 10.6 Å². The maximum Gasteiger partial charge on any atom is 0.326 e. The van der Waals surface area contributed by atoms with Crippen LogP contribution in [0.25, 0.3) is 0 Å². The van der Waals surface area contributed by atoms with E-state index in [0.717, 1.165) is 0 Å². The van der Waals surface area contributed by atoms with Crippen LogP contribution in [-0.4, -0.2) is 68.9 Å². The number of carboxylic acids is 2. The molecule has 11 nitrogen and oxygen atoms in total. The van der Waals surface area contributed by atoms with Gasteiger partial charge in [-0.25, -0.2) is 4.79 Å². The zero-order valence-electron chi connectivity index (χ0n) is 14.2. The minimum Gasteiger partial charge on any atom is -0.508 e. The second kappa shape index (κ2) is 10.1. The van der Waals surface area contributed by atoms with Crippen molar-refractivity contribution in [2.45, 2.75) is 31.0 Å². The predicted octanol–water partition coefficient (Wildman–Crippen LogP) is -2.22. The Morgan fingerprint density at radius 1 is 0.963 bits per heavy atom. The molecule has 8 N–H and O–H groups in total. The van der Waals surface area contributed by atoms with Crippen molar-refractivity contribution in [3.63, 3.8) is 0 Å². The smallest absolute Gasteiger partial charge is 0.326 e. The third-order valence-electron chi connectivity index (χ3n) is 3.54. The summed E-state index contributed by atoms with van der Waals surface area (Å²) in [6.07, 6.45) is -0.782. The number of carbonyl (C=O) groups is 4. The van der Waals surface area contributed by atoms with Crippen LogP contribution >= 0.6 is 0 Å². The van der Waals surface area contributed by atoms with Crippen LogP contribution in [0, 0.1) is 0 Å². The molecule has 3 atom stereocenters. The van der Waals surface area contributed by atoms with Crippen LogP contribution in [0.1, 0.15) is 12.0 Å². The van der Waals surface area contributed by atoms with Crippen LogP contribution in [0.5, 0.6) is 5.75 Å². The number of carbonyl (C=O) groups excluding carboxylic acids is 2. The summed E-state index contributed by atoms with van der Waals surface area (Å²) in [7, 11) is 0. The Morgan fingerprint density at radius 2 is 1.52 bits per heavy atom. The molecule has 0 saturated heterocycles. The first-order valence-electron chi connectivity index (χ1n) is 7.83. The van der Waals surface area contributed by atoms with Gasteiger partial charge in [0.2, 0.25) is 11.8 Å². The molecule has 11 heteroatoms. The van der Waals surface area contributed by atoms with Gasteiger partial charge in [0.25, 0.3) is 0 Å². The standard InChI is InChI=1S/C16H21N3O8/c17-10(6-13(22)23)14(24)19-12(7-20)15(25)18-11(16(26)27)5-8-1-3-9(21)4-2-8/h1-4,10-12,20-21H,5-7,17H2,(H,18,25)(H,19,24)(H,22,23)(H,26,27). The number of phenols is 1. The summed E-state index contributed by atoms with van der Waals surface area (Å²) in [5.41, 5.74) is 5.89. The molecule has 1 aromatic carbocycles. The lowest BCUT2D eigenvalue weighted by molar-refractivity contribution is -0.143. The van der Waals surface area contributed by atoms with Gasteiger partial charge in [-0.1, -0.05) is 12.1 Å². The van der Waals surface area contributed by atoms with Crippen LogP contribution in [0.2, 0.25) is 0 Å². The quantitative estimate of drug-likeness (QED) is 0.234. The Kier molecular flexibility index (Phi) is 8.17. The molecular formula is C16H21N3O8. The first-order valence-corrected chi connectivity index (χ1v) is 7.83. The second-order valence-electron chi connectivity index (χ2n) is 5.72. The molecule has 0 saturated carbocycles. The Morgan fingerprint density at radius 3 is 2.00 bits per heavy atom. The number of carboxylic acid groups (broad SMARTS) is 2. The van der Waals surface area contributed by atoms with Crippen LogP contribution in [0.4, 0.5) is 0 Å². The maximum atomic E-state index is 12.2. The Balaban J connectivity index is 2.74. The molecule has 27 heavy (non-hydrogen) atoms. The molecule has 0 fully saturated rings. The summed E-state index contributed by atoms with van der Waals surface area (Å²) in [6, 6.07) is 1.38. The van der Waals surface area contributed by atoms with Gasteiger partial charge in [-0.15, -0.1) is 0 Å². The Hall–Kier alpha value is -3.18. The van der Waals surface area contributed by atoms with Crippen LogP contribution in [0.15, 0.2) is 24.3 Å². The van der Waals surface area contributed by atoms with Crippen molar-refractivity contribution in [3.8, 4) is 5.75 Å². The number of amides is 2. The highest BCUT2D eigenvalue weighted by Gasteiger charge is 2.28. The van der Waals surface area contributed by atoms with Gasteiger partial charge in [0.05, 0.1) is 19.1 Å². The van der Waals surface area contributed by atoms with Crippen molar-refractivity contribution in [1.29, 1.82) is 0 Å². The van der Waals surface area contributed by atoms with E-state index in [-0.39, 0.29) is 12.2 Å². The number of aliphatic hydroxyl groups excluding tert-OH is 1. The largest absolute Gasteiger partial charge is 0.508 e. The summed E-state index contributed by atoms with van der Waals surface area (Å²) < 4.78 is 0. The zero-order chi connectivity index (χ0) is 20.6. The summed E-state index contributed by atoms with van der Waals surface area (Å²) >= 11 is 0. The minimum atomic E-state index is -1.50. The van der Waals surface area contributed by atoms with Gasteiger partial charge in [0.1, 0.15) is 17.8 Å². The summed E-state index contributed by atoms with van der Waals surface area (Å²) in [5, 5.41) is 40.6. The molecule has 0 aliphatic heterocycles. The molecule has 2 amide bonds. The molecule has 0 aliphatic carbocycles. The summed E-state index contributed by atoms with van der Waals surface area (Å²) in [4.78, 5) is 45.9. The fourth-order valence-electron chi connectivity index (χ4n) is 2.09. The third kappa shape index (κ3) is 7.30. The molecule has 3 unspecified atom stereocenters. The van der Waals surface area contributed by atoms with E-state index < -0.39 is 54.9 Å². The van der Waals surface area contributed by atoms with Gasteiger partial charge < -0.3 is 36.8 Å². The van der Waals surface area contributed by atoms with Crippen molar-refractivity contribution in [1.82, 2.24) is 10.6 Å². The molecule has 1 aromatic rings. The fraction of sp³-hybridized carbons (Fsp3) is 0.375. The van der Waals surface area contributed by atoms with Gasteiger partial charge in [-0.3, -0.25) is 14.4 Å². The lowest BCUT2D eigenvalue weighted by Gasteiger charge is -2.21. The molecule has 148 valence electrons. The van der Waals surface area contributed by atoms with Crippen molar-refractivity contribution in [3.05, 3.63) is 29.8 Å². The molecule has 0 radical (unpaired) electrons. The highest BCUT2D eigenvalue weighted by atomic mass is 16.4. The van der Waals surface area contributed by atoms with E-state index >= 15 is 0 Å². The summed E-state index contributed by atoms with van der Waals surface area (Å²) in [6.45, 7) is -0.844. The highest BCUT2D eigenvalue weighted by Crippen LogP contribution is 2.11. The van der Waals surface area contributed by atoms with E-state index in [0.29, 0.717) is 5.56 Å². The Bertz CT molecular complexity index is 691. The number of hydrogen-bond acceptors (Lipinski definition) is 7. The number of nitrogens with one attached hydrogen (secondary N) is 2. The lowest BCUT2D eigenvalue weighted by Crippen LogP contribution is -2.56. The molecule has 0 aromatic heterocycles. The van der Waals surface area contributed by atoms with E-state index in [4.69, 9.17) is 10.8 Å². The first kappa shape index (κ1) is 21.9. The number of phenolic OH excluding ortho intramolecular Hbond substituents is 1. The highest BCUT2D eigenvalue weighted by molar-refractivity contribution is 5.93. The van der Waals surface area contributed by atoms with Gasteiger partial charge in [0.15, 0.2) is 0 Å². The van der Waals surface area contributed by atoms with E-state index in [9.17, 15) is 34.5 Å². The molecule has 0 bridgehead atoms. The van der Waals surface area contributed by atoms with Crippen molar-refractivity contribution < 1.29 is 39.6 Å². The lowest BCUT2D eigenvalue weighted by atomic mass is 10.1. The van der Waals surface area contributed by atoms with Crippen molar-refractivity contribution in [2.75, 3.05) is 6.61 Å². The topological polar surface area (TPSA) is 199 Å². The number of aliphatic carboxylic acids is 2. The number of rotatable bonds is 10. The minimum absolute atomic E-state index is 0.00424. The number of aliphatic hydroxyl groups is 1. The second-order valence-corrected chi connectivity index (χ2v) is 5.72. The normalized spacial score (nSPS) is 13.9. The number of aromatic hydroxyl groups is 1. The van der Waals surface area contributed by atoms with Crippen LogP contribution in [0.3, 0.4) is 0 Å². The SMILES string of the molecule is NC(CC(=O)O)C(=O)NC(CO)C(=O)NC(Cc1ccc(O)cc1)C(=O)O. The monoisotopic (exact) mass is 383 g/mol. The number of benzene rings is 1. The number of hydrogen-bond donors (Lipinski definition) is 7. The van der Waals surface area contributed by atoms with Crippen LogP contribution in [-0.2, 0) is 25.6 Å². The van der Waals surface area contributed by atoms with Gasteiger partial charge in [-0.2, -0.15) is 0 Å².